The highest BCUT2D eigenvalue weighted by Gasteiger charge is 2.44. The van der Waals surface area contributed by atoms with Gasteiger partial charge in [-0.05, 0) is 35.8 Å². The van der Waals surface area contributed by atoms with Crippen molar-refractivity contribution in [2.24, 2.45) is 0 Å². The predicted molar refractivity (Wildman–Crippen MR) is 106 cm³/mol. The standard InChI is InChI=1S/C20H20N2O6S/c23-18-14(17-19(28-17)21-12-6-7-29(26,27)9-12)8-11-4-5-13(10-2-1-3-10)15(20(24)25)16(11)22-18/h4-8,10,12,17,19,21H,1-3,9H2,(H,22,23)(H,24,25)/t12-,17?,19?/m1/s1. The number of H-pyrrole nitrogens is 1. The molecule has 0 spiro atoms. The summed E-state index contributed by atoms with van der Waals surface area (Å²) in [5.41, 5.74) is 1.28. The number of fused-ring (bicyclic) bond motifs is 1. The molecular weight excluding hydrogens is 396 g/mol. The number of benzene rings is 1. The number of aromatic amines is 1. The highest BCUT2D eigenvalue weighted by Crippen LogP contribution is 2.41. The summed E-state index contributed by atoms with van der Waals surface area (Å²) in [6, 6.07) is 5.00. The van der Waals surface area contributed by atoms with Crippen LogP contribution in [-0.2, 0) is 14.6 Å². The van der Waals surface area contributed by atoms with E-state index in [0.717, 1.165) is 24.8 Å². The summed E-state index contributed by atoms with van der Waals surface area (Å²) >= 11 is 0. The van der Waals surface area contributed by atoms with Crippen molar-refractivity contribution in [1.82, 2.24) is 10.3 Å². The second kappa shape index (κ2) is 6.51. The first-order chi connectivity index (χ1) is 13.8. The Morgan fingerprint density at radius 3 is 2.66 bits per heavy atom. The van der Waals surface area contributed by atoms with Crippen LogP contribution in [0.1, 0.15) is 52.8 Å². The largest absolute Gasteiger partial charge is 0.478 e. The molecule has 2 unspecified atom stereocenters. The molecule has 2 aromatic rings. The molecule has 0 radical (unpaired) electrons. The van der Waals surface area contributed by atoms with Gasteiger partial charge in [-0.25, -0.2) is 13.2 Å². The third kappa shape index (κ3) is 3.29. The summed E-state index contributed by atoms with van der Waals surface area (Å²) in [6.45, 7) is 0. The van der Waals surface area contributed by atoms with Gasteiger partial charge in [0.05, 0.1) is 22.4 Å². The third-order valence-corrected chi connectivity index (χ3v) is 7.34. The maximum atomic E-state index is 12.7. The average molecular weight is 416 g/mol. The number of pyridine rings is 1. The molecule has 3 heterocycles. The highest BCUT2D eigenvalue weighted by atomic mass is 32.2. The van der Waals surface area contributed by atoms with Crippen molar-refractivity contribution < 1.29 is 23.1 Å². The number of nitrogens with one attached hydrogen (secondary N) is 2. The molecule has 5 rings (SSSR count). The normalized spacial score (nSPS) is 27.8. The van der Waals surface area contributed by atoms with Crippen LogP contribution in [0.2, 0.25) is 0 Å². The van der Waals surface area contributed by atoms with E-state index in [2.05, 4.69) is 10.3 Å². The molecule has 1 saturated carbocycles. The van der Waals surface area contributed by atoms with Gasteiger partial charge in [0, 0.05) is 11.4 Å². The Balaban J connectivity index is 1.45. The first kappa shape index (κ1) is 18.5. The van der Waals surface area contributed by atoms with E-state index in [9.17, 15) is 23.1 Å². The van der Waals surface area contributed by atoms with E-state index < -0.39 is 33.7 Å². The predicted octanol–water partition coefficient (Wildman–Crippen LogP) is 1.79. The fraction of sp³-hybridized carbons (Fsp3) is 0.400. The third-order valence-electron chi connectivity index (χ3n) is 5.95. The smallest absolute Gasteiger partial charge is 0.338 e. The zero-order valence-corrected chi connectivity index (χ0v) is 16.2. The molecule has 1 saturated heterocycles. The van der Waals surface area contributed by atoms with Crippen LogP contribution in [0, 0.1) is 0 Å². The number of aromatic carboxylic acids is 1. The summed E-state index contributed by atoms with van der Waals surface area (Å²) in [6.07, 6.45) is 3.62. The van der Waals surface area contributed by atoms with Crippen molar-refractivity contribution in [3.05, 3.63) is 56.7 Å². The summed E-state index contributed by atoms with van der Waals surface area (Å²) in [5.74, 6) is -0.846. The van der Waals surface area contributed by atoms with E-state index in [1.165, 1.54) is 5.41 Å². The Morgan fingerprint density at radius 2 is 2.03 bits per heavy atom. The van der Waals surface area contributed by atoms with Crippen LogP contribution in [0.4, 0.5) is 0 Å². The van der Waals surface area contributed by atoms with Gasteiger partial charge in [-0.1, -0.05) is 24.6 Å². The van der Waals surface area contributed by atoms with Crippen molar-refractivity contribution in [2.75, 3.05) is 5.75 Å². The molecule has 3 N–H and O–H groups in total. The topological polar surface area (TPSA) is 129 Å². The van der Waals surface area contributed by atoms with E-state index in [-0.39, 0.29) is 23.3 Å². The molecule has 9 heteroatoms. The number of hydrogen-bond donors (Lipinski definition) is 3. The maximum Gasteiger partial charge on any atom is 0.338 e. The summed E-state index contributed by atoms with van der Waals surface area (Å²) in [5, 5.41) is 14.6. The Labute approximate surface area is 166 Å². The SMILES string of the molecule is O=C(O)c1c(C2CCC2)ccc2cc(C3OC3N[C@@H]3C=CS(=O)(=O)C3)c(=O)[nH]c12. The first-order valence-corrected chi connectivity index (χ1v) is 11.3. The van der Waals surface area contributed by atoms with Gasteiger partial charge in [0.2, 0.25) is 0 Å². The summed E-state index contributed by atoms with van der Waals surface area (Å²) in [7, 11) is -3.18. The Kier molecular flexibility index (Phi) is 4.16. The molecule has 3 aliphatic rings. The van der Waals surface area contributed by atoms with Crippen molar-refractivity contribution in [3.63, 3.8) is 0 Å². The van der Waals surface area contributed by atoms with Gasteiger partial charge in [0.15, 0.2) is 9.84 Å². The molecule has 2 aliphatic heterocycles. The summed E-state index contributed by atoms with van der Waals surface area (Å²) in [4.78, 5) is 27.3. The molecule has 1 aromatic carbocycles. The van der Waals surface area contributed by atoms with Crippen LogP contribution in [0.3, 0.4) is 0 Å². The molecule has 8 nitrogen and oxygen atoms in total. The first-order valence-electron chi connectivity index (χ1n) is 9.58. The Morgan fingerprint density at radius 1 is 1.24 bits per heavy atom. The quantitative estimate of drug-likeness (QED) is 0.634. The molecule has 0 bridgehead atoms. The number of ether oxygens (including phenoxy) is 1. The number of epoxide rings is 1. The molecule has 2 fully saturated rings. The van der Waals surface area contributed by atoms with E-state index in [1.54, 1.807) is 12.1 Å². The lowest BCUT2D eigenvalue weighted by Crippen LogP contribution is -2.33. The van der Waals surface area contributed by atoms with E-state index in [0.29, 0.717) is 16.5 Å². The molecule has 0 amide bonds. The minimum absolute atomic E-state index is 0.0282. The number of sulfone groups is 1. The lowest BCUT2D eigenvalue weighted by Gasteiger charge is -2.27. The van der Waals surface area contributed by atoms with Crippen LogP contribution in [-0.4, -0.2) is 42.5 Å². The van der Waals surface area contributed by atoms with Gasteiger partial charge in [0.1, 0.15) is 12.3 Å². The van der Waals surface area contributed by atoms with Crippen molar-refractivity contribution in [1.29, 1.82) is 0 Å². The lowest BCUT2D eigenvalue weighted by molar-refractivity contribution is 0.0696. The van der Waals surface area contributed by atoms with E-state index in [4.69, 9.17) is 4.74 Å². The van der Waals surface area contributed by atoms with Crippen molar-refractivity contribution >= 4 is 26.7 Å². The minimum Gasteiger partial charge on any atom is -0.478 e. The molecule has 29 heavy (non-hydrogen) atoms. The van der Waals surface area contributed by atoms with Gasteiger partial charge in [-0.3, -0.25) is 10.1 Å². The highest BCUT2D eigenvalue weighted by molar-refractivity contribution is 7.94. The maximum absolute atomic E-state index is 12.7. The second-order valence-electron chi connectivity index (χ2n) is 7.89. The van der Waals surface area contributed by atoms with E-state index in [1.807, 2.05) is 12.1 Å². The lowest BCUT2D eigenvalue weighted by atomic mass is 9.77. The Bertz CT molecular complexity index is 1210. The molecule has 152 valence electrons. The van der Waals surface area contributed by atoms with Crippen molar-refractivity contribution in [2.45, 2.75) is 43.6 Å². The number of carboxylic acids is 1. The van der Waals surface area contributed by atoms with Gasteiger partial charge < -0.3 is 14.8 Å². The summed E-state index contributed by atoms with van der Waals surface area (Å²) < 4.78 is 28.6. The number of carboxylic acid groups (broad SMARTS) is 1. The van der Waals surface area contributed by atoms with Gasteiger partial charge >= 0.3 is 5.97 Å². The monoisotopic (exact) mass is 416 g/mol. The zero-order chi connectivity index (χ0) is 20.3. The molecule has 1 aromatic heterocycles. The fourth-order valence-corrected chi connectivity index (χ4v) is 5.42. The zero-order valence-electron chi connectivity index (χ0n) is 15.4. The Hall–Kier alpha value is -2.49. The van der Waals surface area contributed by atoms with Gasteiger partial charge in [0.25, 0.3) is 5.56 Å². The second-order valence-corrected chi connectivity index (χ2v) is 9.82. The van der Waals surface area contributed by atoms with Crippen LogP contribution in [0.15, 0.2) is 34.5 Å². The number of hydrogen-bond acceptors (Lipinski definition) is 6. The molecule has 1 aliphatic carbocycles. The molecule has 3 atom stereocenters. The van der Waals surface area contributed by atoms with E-state index >= 15 is 0 Å². The van der Waals surface area contributed by atoms with Crippen LogP contribution < -0.4 is 10.9 Å². The van der Waals surface area contributed by atoms with Crippen LogP contribution in [0.5, 0.6) is 0 Å². The average Bonchev–Trinajstić information content (AvgIpc) is 3.26. The van der Waals surface area contributed by atoms with Crippen molar-refractivity contribution in [3.8, 4) is 0 Å². The van der Waals surface area contributed by atoms with Crippen LogP contribution >= 0.6 is 0 Å². The number of rotatable bonds is 5. The minimum atomic E-state index is -3.18. The van der Waals surface area contributed by atoms with Crippen LogP contribution in [0.25, 0.3) is 10.9 Å². The molecular formula is C20H20N2O6S. The van der Waals surface area contributed by atoms with Gasteiger partial charge in [-0.2, -0.15) is 0 Å². The fourth-order valence-electron chi connectivity index (χ4n) is 4.18. The number of aromatic nitrogens is 1. The van der Waals surface area contributed by atoms with Gasteiger partial charge in [-0.15, -0.1) is 0 Å². The number of carbonyl (C=O) groups is 1.